The molecule has 16 heavy (non-hydrogen) atoms. The van der Waals surface area contributed by atoms with Gasteiger partial charge in [0.1, 0.15) is 0 Å². The van der Waals surface area contributed by atoms with Gasteiger partial charge in [-0.25, -0.2) is 0 Å². The van der Waals surface area contributed by atoms with Crippen LogP contribution in [0.25, 0.3) is 0 Å². The van der Waals surface area contributed by atoms with Crippen molar-refractivity contribution in [1.82, 2.24) is 4.90 Å². The average Bonchev–Trinajstić information content (AvgIpc) is 2.27. The van der Waals surface area contributed by atoms with Crippen LogP contribution in [0.5, 0.6) is 0 Å². The molecule has 0 unspecified atom stereocenters. The van der Waals surface area contributed by atoms with Crippen molar-refractivity contribution in [1.29, 1.82) is 0 Å². The summed E-state index contributed by atoms with van der Waals surface area (Å²) in [5.41, 5.74) is 7.91. The number of hydrogen-bond acceptors (Lipinski definition) is 2. The minimum atomic E-state index is 0.850. The number of anilines is 1. The molecule has 1 aromatic carbocycles. The van der Waals surface area contributed by atoms with E-state index in [4.69, 9.17) is 5.73 Å². The summed E-state index contributed by atoms with van der Waals surface area (Å²) in [5, 5.41) is 0. The lowest BCUT2D eigenvalue weighted by atomic mass is 10.1. The van der Waals surface area contributed by atoms with E-state index in [9.17, 15) is 0 Å². The molecule has 0 atom stereocenters. The standard InChI is InChI=1S/C14H22N2/c1-3-9-16(10-4-2)11-8-13-6-5-7-14(15)12-13/h3,5-7,12H,1,4,8-11,15H2,2H3. The highest BCUT2D eigenvalue weighted by Gasteiger charge is 2.02. The van der Waals surface area contributed by atoms with Crippen LogP contribution in [-0.2, 0) is 6.42 Å². The van der Waals surface area contributed by atoms with Crippen LogP contribution in [0, 0.1) is 0 Å². The van der Waals surface area contributed by atoms with Crippen LogP contribution in [0.1, 0.15) is 18.9 Å². The quantitative estimate of drug-likeness (QED) is 0.563. The van der Waals surface area contributed by atoms with Crippen molar-refractivity contribution >= 4 is 5.69 Å². The van der Waals surface area contributed by atoms with E-state index in [2.05, 4.69) is 30.5 Å². The summed E-state index contributed by atoms with van der Waals surface area (Å²) in [4.78, 5) is 2.41. The van der Waals surface area contributed by atoms with E-state index in [1.807, 2.05) is 18.2 Å². The van der Waals surface area contributed by atoms with Crippen molar-refractivity contribution in [2.45, 2.75) is 19.8 Å². The minimum absolute atomic E-state index is 0.850. The normalized spacial score (nSPS) is 10.6. The first kappa shape index (κ1) is 12.8. The molecule has 0 amide bonds. The van der Waals surface area contributed by atoms with Gasteiger partial charge in [0.2, 0.25) is 0 Å². The molecule has 0 bridgehead atoms. The molecule has 0 saturated carbocycles. The molecule has 2 heteroatoms. The van der Waals surface area contributed by atoms with Crippen molar-refractivity contribution in [2.24, 2.45) is 0 Å². The predicted octanol–water partition coefficient (Wildman–Crippen LogP) is 2.71. The maximum atomic E-state index is 5.75. The summed E-state index contributed by atoms with van der Waals surface area (Å²) >= 11 is 0. The Balaban J connectivity index is 2.44. The highest BCUT2D eigenvalue weighted by atomic mass is 15.1. The average molecular weight is 218 g/mol. The molecule has 0 fully saturated rings. The highest BCUT2D eigenvalue weighted by Crippen LogP contribution is 2.08. The van der Waals surface area contributed by atoms with Crippen LogP contribution in [0.15, 0.2) is 36.9 Å². The Hall–Kier alpha value is -1.28. The zero-order chi connectivity index (χ0) is 11.8. The number of benzene rings is 1. The Bertz CT molecular complexity index is 320. The molecule has 1 aromatic rings. The van der Waals surface area contributed by atoms with Gasteiger partial charge >= 0.3 is 0 Å². The van der Waals surface area contributed by atoms with Gasteiger partial charge in [0.05, 0.1) is 0 Å². The van der Waals surface area contributed by atoms with E-state index in [0.29, 0.717) is 0 Å². The number of nitrogens with zero attached hydrogens (tertiary/aromatic N) is 1. The Morgan fingerprint density at radius 2 is 2.19 bits per heavy atom. The van der Waals surface area contributed by atoms with Gasteiger partial charge in [-0.15, -0.1) is 6.58 Å². The van der Waals surface area contributed by atoms with Gasteiger partial charge in [0.15, 0.2) is 0 Å². The van der Waals surface area contributed by atoms with E-state index in [1.165, 1.54) is 12.0 Å². The number of hydrogen-bond donors (Lipinski definition) is 1. The zero-order valence-corrected chi connectivity index (χ0v) is 10.2. The second kappa shape index (κ2) is 7.07. The fourth-order valence-corrected chi connectivity index (χ4v) is 1.83. The van der Waals surface area contributed by atoms with E-state index in [-0.39, 0.29) is 0 Å². The summed E-state index contributed by atoms with van der Waals surface area (Å²) in [6.45, 7) is 9.17. The fraction of sp³-hybridized carbons (Fsp3) is 0.429. The smallest absolute Gasteiger partial charge is 0.0316 e. The van der Waals surface area contributed by atoms with E-state index < -0.39 is 0 Å². The second-order valence-electron chi connectivity index (χ2n) is 4.08. The first-order valence-electron chi connectivity index (χ1n) is 5.94. The second-order valence-corrected chi connectivity index (χ2v) is 4.08. The topological polar surface area (TPSA) is 29.3 Å². The van der Waals surface area contributed by atoms with Crippen molar-refractivity contribution < 1.29 is 0 Å². The molecule has 2 N–H and O–H groups in total. The van der Waals surface area contributed by atoms with Gasteiger partial charge < -0.3 is 5.73 Å². The maximum Gasteiger partial charge on any atom is 0.0316 e. The molecule has 0 spiro atoms. The van der Waals surface area contributed by atoms with Gasteiger partial charge in [0, 0.05) is 18.8 Å². The minimum Gasteiger partial charge on any atom is -0.399 e. The lowest BCUT2D eigenvalue weighted by molar-refractivity contribution is 0.307. The summed E-state index contributed by atoms with van der Waals surface area (Å²) in [5.74, 6) is 0. The number of nitrogen functional groups attached to an aromatic ring is 1. The SMILES string of the molecule is C=CCN(CCC)CCc1cccc(N)c1. The largest absolute Gasteiger partial charge is 0.399 e. The van der Waals surface area contributed by atoms with Crippen LogP contribution in [-0.4, -0.2) is 24.5 Å². The van der Waals surface area contributed by atoms with Gasteiger partial charge in [0.25, 0.3) is 0 Å². The third kappa shape index (κ3) is 4.49. The molecular weight excluding hydrogens is 196 g/mol. The van der Waals surface area contributed by atoms with Gasteiger partial charge in [-0.3, -0.25) is 4.90 Å². The molecule has 0 aliphatic heterocycles. The molecule has 0 aliphatic rings. The molecular formula is C14H22N2. The Morgan fingerprint density at radius 1 is 1.38 bits per heavy atom. The van der Waals surface area contributed by atoms with Crippen LogP contribution < -0.4 is 5.73 Å². The fourth-order valence-electron chi connectivity index (χ4n) is 1.83. The predicted molar refractivity (Wildman–Crippen MR) is 71.5 cm³/mol. The van der Waals surface area contributed by atoms with Crippen LogP contribution in [0.4, 0.5) is 5.69 Å². The van der Waals surface area contributed by atoms with Crippen LogP contribution >= 0.6 is 0 Å². The monoisotopic (exact) mass is 218 g/mol. The zero-order valence-electron chi connectivity index (χ0n) is 10.2. The van der Waals surface area contributed by atoms with Crippen LogP contribution in [0.2, 0.25) is 0 Å². The Kier molecular flexibility index (Phi) is 5.65. The van der Waals surface area contributed by atoms with Crippen LogP contribution in [0.3, 0.4) is 0 Å². The Morgan fingerprint density at radius 3 is 2.81 bits per heavy atom. The van der Waals surface area contributed by atoms with E-state index in [0.717, 1.165) is 31.7 Å². The van der Waals surface area contributed by atoms with Gasteiger partial charge in [-0.1, -0.05) is 25.1 Å². The molecule has 0 aromatic heterocycles. The number of rotatable bonds is 7. The third-order valence-electron chi connectivity index (χ3n) is 2.59. The maximum absolute atomic E-state index is 5.75. The van der Waals surface area contributed by atoms with E-state index >= 15 is 0 Å². The summed E-state index contributed by atoms with van der Waals surface area (Å²) in [6, 6.07) is 8.13. The molecule has 0 saturated heterocycles. The first-order valence-corrected chi connectivity index (χ1v) is 5.94. The summed E-state index contributed by atoms with van der Waals surface area (Å²) < 4.78 is 0. The van der Waals surface area contributed by atoms with Gasteiger partial charge in [-0.2, -0.15) is 0 Å². The van der Waals surface area contributed by atoms with Crippen molar-refractivity contribution in [2.75, 3.05) is 25.4 Å². The molecule has 88 valence electrons. The third-order valence-corrected chi connectivity index (χ3v) is 2.59. The van der Waals surface area contributed by atoms with Crippen molar-refractivity contribution in [3.8, 4) is 0 Å². The van der Waals surface area contributed by atoms with Gasteiger partial charge in [-0.05, 0) is 37.1 Å². The molecule has 2 nitrogen and oxygen atoms in total. The van der Waals surface area contributed by atoms with Crippen molar-refractivity contribution in [3.05, 3.63) is 42.5 Å². The lowest BCUT2D eigenvalue weighted by Crippen LogP contribution is -2.27. The Labute approximate surface area is 98.8 Å². The molecule has 0 aliphatic carbocycles. The first-order chi connectivity index (χ1) is 7.76. The lowest BCUT2D eigenvalue weighted by Gasteiger charge is -2.19. The van der Waals surface area contributed by atoms with Crippen molar-refractivity contribution in [3.63, 3.8) is 0 Å². The molecule has 1 rings (SSSR count). The molecule has 0 heterocycles. The highest BCUT2D eigenvalue weighted by molar-refractivity contribution is 5.40. The summed E-state index contributed by atoms with van der Waals surface area (Å²) in [7, 11) is 0. The molecule has 0 radical (unpaired) electrons. The number of nitrogens with two attached hydrogens (primary N) is 1. The summed E-state index contributed by atoms with van der Waals surface area (Å²) in [6.07, 6.45) is 4.21. The van der Waals surface area contributed by atoms with E-state index in [1.54, 1.807) is 0 Å².